The molecule has 0 saturated carbocycles. The molecular formula is C29H28N2O6. The van der Waals surface area contributed by atoms with Crippen LogP contribution in [0, 0.1) is 13.8 Å². The monoisotopic (exact) mass is 500 g/mol. The van der Waals surface area contributed by atoms with Gasteiger partial charge in [-0.05, 0) is 67.3 Å². The average molecular weight is 501 g/mol. The highest BCUT2D eigenvalue weighted by Crippen LogP contribution is 2.43. The molecule has 3 aromatic rings. The highest BCUT2D eigenvalue weighted by Gasteiger charge is 2.47. The van der Waals surface area contributed by atoms with Crippen molar-refractivity contribution < 1.29 is 29.0 Å². The first-order chi connectivity index (χ1) is 17.8. The summed E-state index contributed by atoms with van der Waals surface area (Å²) in [6.45, 7) is 5.86. The molecule has 1 atom stereocenters. The molecule has 2 aromatic carbocycles. The smallest absolute Gasteiger partial charge is 0.338 e. The van der Waals surface area contributed by atoms with E-state index in [0.29, 0.717) is 29.0 Å². The molecule has 1 aromatic heterocycles. The van der Waals surface area contributed by atoms with Crippen molar-refractivity contribution in [2.75, 3.05) is 18.6 Å². The number of pyridine rings is 1. The lowest BCUT2D eigenvalue weighted by molar-refractivity contribution is -0.132. The van der Waals surface area contributed by atoms with Gasteiger partial charge in [-0.2, -0.15) is 0 Å². The minimum absolute atomic E-state index is 0.0970. The van der Waals surface area contributed by atoms with Crippen LogP contribution in [-0.4, -0.2) is 41.5 Å². The number of ether oxygens (including phenoxy) is 2. The van der Waals surface area contributed by atoms with Crippen molar-refractivity contribution in [1.82, 2.24) is 4.98 Å². The van der Waals surface area contributed by atoms with Gasteiger partial charge in [0, 0.05) is 18.1 Å². The standard InChI is InChI=1S/C29H28N2O6/c1-5-12-37-29(35)19-8-6-10-21(15-19)31-24(20-9-7-11-30-16-20)23(26(33)28(31)34)25(32)22-14-17(2)13-18(3)27(22)36-4/h6-11,13-16,24,32H,5,12H2,1-4H3/b25-23+. The van der Waals surface area contributed by atoms with E-state index in [-0.39, 0.29) is 23.5 Å². The highest BCUT2D eigenvalue weighted by molar-refractivity contribution is 6.51. The Bertz CT molecular complexity index is 1400. The number of aryl methyl sites for hydroxylation is 2. The van der Waals surface area contributed by atoms with Gasteiger partial charge >= 0.3 is 5.97 Å². The number of methoxy groups -OCH3 is 1. The molecule has 8 nitrogen and oxygen atoms in total. The molecule has 1 N–H and O–H groups in total. The predicted octanol–water partition coefficient (Wildman–Crippen LogP) is 4.90. The fraction of sp³-hybridized carbons (Fsp3) is 0.241. The summed E-state index contributed by atoms with van der Waals surface area (Å²) in [5, 5.41) is 11.5. The van der Waals surface area contributed by atoms with E-state index >= 15 is 0 Å². The van der Waals surface area contributed by atoms with Crippen LogP contribution in [0.4, 0.5) is 5.69 Å². The largest absolute Gasteiger partial charge is 0.507 e. The summed E-state index contributed by atoms with van der Waals surface area (Å²) >= 11 is 0. The van der Waals surface area contributed by atoms with Crippen LogP contribution in [0.15, 0.2) is 66.5 Å². The third-order valence-corrected chi connectivity index (χ3v) is 6.12. The van der Waals surface area contributed by atoms with Crippen molar-refractivity contribution in [2.45, 2.75) is 33.2 Å². The van der Waals surface area contributed by atoms with Crippen molar-refractivity contribution in [3.63, 3.8) is 0 Å². The Morgan fingerprint density at radius 1 is 1.11 bits per heavy atom. The summed E-state index contributed by atoms with van der Waals surface area (Å²) in [6, 6.07) is 12.4. The van der Waals surface area contributed by atoms with Gasteiger partial charge in [-0.1, -0.05) is 25.1 Å². The van der Waals surface area contributed by atoms with Crippen molar-refractivity contribution in [3.05, 3.63) is 94.3 Å². The van der Waals surface area contributed by atoms with Crippen molar-refractivity contribution in [1.29, 1.82) is 0 Å². The molecule has 2 heterocycles. The van der Waals surface area contributed by atoms with Gasteiger partial charge in [0.2, 0.25) is 0 Å². The summed E-state index contributed by atoms with van der Waals surface area (Å²) in [5.41, 5.74) is 2.91. The number of carbonyl (C=O) groups excluding carboxylic acids is 3. The van der Waals surface area contributed by atoms with E-state index in [1.165, 1.54) is 24.3 Å². The van der Waals surface area contributed by atoms with Gasteiger partial charge in [0.25, 0.3) is 11.7 Å². The first kappa shape index (κ1) is 25.6. The Labute approximate surface area is 215 Å². The summed E-state index contributed by atoms with van der Waals surface area (Å²) in [5.74, 6) is -2.17. The van der Waals surface area contributed by atoms with Crippen LogP contribution in [0.2, 0.25) is 0 Å². The minimum Gasteiger partial charge on any atom is -0.507 e. The average Bonchev–Trinajstić information content (AvgIpc) is 3.17. The van der Waals surface area contributed by atoms with Crippen molar-refractivity contribution in [3.8, 4) is 5.75 Å². The fourth-order valence-electron chi connectivity index (χ4n) is 4.56. The van der Waals surface area contributed by atoms with Gasteiger partial charge in [-0.15, -0.1) is 0 Å². The molecular weight excluding hydrogens is 472 g/mol. The zero-order chi connectivity index (χ0) is 26.7. The zero-order valence-corrected chi connectivity index (χ0v) is 21.1. The fourth-order valence-corrected chi connectivity index (χ4v) is 4.56. The van der Waals surface area contributed by atoms with E-state index in [4.69, 9.17) is 9.47 Å². The molecule has 0 aliphatic carbocycles. The minimum atomic E-state index is -0.985. The highest BCUT2D eigenvalue weighted by atomic mass is 16.5. The number of carbonyl (C=O) groups is 3. The topological polar surface area (TPSA) is 106 Å². The first-order valence-electron chi connectivity index (χ1n) is 11.9. The van der Waals surface area contributed by atoms with Gasteiger partial charge < -0.3 is 14.6 Å². The Morgan fingerprint density at radius 2 is 1.89 bits per heavy atom. The lowest BCUT2D eigenvalue weighted by Gasteiger charge is -2.25. The van der Waals surface area contributed by atoms with Gasteiger partial charge in [0.1, 0.15) is 11.5 Å². The number of hydrogen-bond acceptors (Lipinski definition) is 7. The number of hydrogen-bond donors (Lipinski definition) is 1. The lowest BCUT2D eigenvalue weighted by Crippen LogP contribution is -2.29. The third-order valence-electron chi connectivity index (χ3n) is 6.12. The molecule has 37 heavy (non-hydrogen) atoms. The quantitative estimate of drug-likeness (QED) is 0.213. The van der Waals surface area contributed by atoms with Crippen LogP contribution in [0.3, 0.4) is 0 Å². The predicted molar refractivity (Wildman–Crippen MR) is 139 cm³/mol. The maximum atomic E-state index is 13.5. The molecule has 0 radical (unpaired) electrons. The normalized spacial score (nSPS) is 16.6. The molecule has 190 valence electrons. The van der Waals surface area contributed by atoms with Crippen LogP contribution in [0.25, 0.3) is 5.76 Å². The van der Waals surface area contributed by atoms with E-state index < -0.39 is 23.7 Å². The van der Waals surface area contributed by atoms with E-state index in [9.17, 15) is 19.5 Å². The van der Waals surface area contributed by atoms with Crippen LogP contribution in [-0.2, 0) is 14.3 Å². The number of rotatable bonds is 7. The summed E-state index contributed by atoms with van der Waals surface area (Å²) in [7, 11) is 1.48. The van der Waals surface area contributed by atoms with Crippen molar-refractivity contribution >= 4 is 29.1 Å². The molecule has 4 rings (SSSR count). The van der Waals surface area contributed by atoms with Gasteiger partial charge in [0.05, 0.1) is 36.5 Å². The van der Waals surface area contributed by atoms with E-state index in [1.807, 2.05) is 26.8 Å². The van der Waals surface area contributed by atoms with E-state index in [0.717, 1.165) is 11.1 Å². The van der Waals surface area contributed by atoms with E-state index in [2.05, 4.69) is 4.98 Å². The second-order valence-corrected chi connectivity index (χ2v) is 8.80. The zero-order valence-electron chi connectivity index (χ0n) is 21.1. The van der Waals surface area contributed by atoms with Gasteiger partial charge in [-0.3, -0.25) is 19.5 Å². The number of aromatic nitrogens is 1. The number of esters is 1. The number of aliphatic hydroxyl groups is 1. The molecule has 8 heteroatoms. The van der Waals surface area contributed by atoms with Gasteiger partial charge in [0.15, 0.2) is 0 Å². The molecule has 1 aliphatic heterocycles. The van der Waals surface area contributed by atoms with Crippen LogP contribution in [0.5, 0.6) is 5.75 Å². The van der Waals surface area contributed by atoms with Crippen molar-refractivity contribution in [2.24, 2.45) is 0 Å². The summed E-state index contributed by atoms with van der Waals surface area (Å²) < 4.78 is 10.8. The van der Waals surface area contributed by atoms with Gasteiger partial charge in [-0.25, -0.2) is 4.79 Å². The maximum Gasteiger partial charge on any atom is 0.338 e. The number of Topliss-reactive ketones (excluding diaryl/α,β-unsaturated/α-hetero) is 1. The molecule has 1 unspecified atom stereocenters. The number of anilines is 1. The second kappa shape index (κ2) is 10.7. The Kier molecular flexibility index (Phi) is 7.38. The number of nitrogens with zero attached hydrogens (tertiary/aromatic N) is 2. The summed E-state index contributed by atoms with van der Waals surface area (Å²) in [4.78, 5) is 44.8. The molecule has 1 fully saturated rings. The van der Waals surface area contributed by atoms with Crippen LogP contribution >= 0.6 is 0 Å². The Hall–Kier alpha value is -4.46. The SMILES string of the molecule is CCCOC(=O)c1cccc(N2C(=O)C(=O)/C(=C(/O)c3cc(C)cc(C)c3OC)C2c2cccnc2)c1. The second-order valence-electron chi connectivity index (χ2n) is 8.80. The lowest BCUT2D eigenvalue weighted by atomic mass is 9.94. The number of ketones is 1. The molecule has 1 amide bonds. The Morgan fingerprint density at radius 3 is 2.57 bits per heavy atom. The molecule has 0 spiro atoms. The molecule has 1 saturated heterocycles. The summed E-state index contributed by atoms with van der Waals surface area (Å²) in [6.07, 6.45) is 3.78. The third kappa shape index (κ3) is 4.82. The first-order valence-corrected chi connectivity index (χ1v) is 11.9. The number of aliphatic hydroxyl groups excluding tert-OH is 1. The Balaban J connectivity index is 1.92. The number of amides is 1. The molecule has 1 aliphatic rings. The maximum absolute atomic E-state index is 13.5. The van der Waals surface area contributed by atoms with Crippen LogP contribution < -0.4 is 9.64 Å². The van der Waals surface area contributed by atoms with E-state index in [1.54, 1.807) is 42.6 Å². The van der Waals surface area contributed by atoms with Crippen LogP contribution in [0.1, 0.15) is 52.0 Å². The number of benzene rings is 2. The molecule has 0 bridgehead atoms.